The second-order valence-electron chi connectivity index (χ2n) is 5.20. The molecule has 0 spiro atoms. The molecule has 0 fully saturated rings. The van der Waals surface area contributed by atoms with Gasteiger partial charge in [0.25, 0.3) is 5.91 Å². The Hall–Kier alpha value is -3.22. The third-order valence-electron chi connectivity index (χ3n) is 3.73. The number of benzene rings is 1. The number of cyclic esters (lactones) is 1. The average Bonchev–Trinajstić information content (AvgIpc) is 2.98. The van der Waals surface area contributed by atoms with E-state index < -0.39 is 18.0 Å². The highest BCUT2D eigenvalue weighted by Crippen LogP contribution is 2.21. The molecule has 23 heavy (non-hydrogen) atoms. The van der Waals surface area contributed by atoms with Gasteiger partial charge >= 0.3 is 5.97 Å². The van der Waals surface area contributed by atoms with E-state index in [9.17, 15) is 9.59 Å². The van der Waals surface area contributed by atoms with Gasteiger partial charge in [-0.25, -0.2) is 4.79 Å². The summed E-state index contributed by atoms with van der Waals surface area (Å²) >= 11 is 0. The van der Waals surface area contributed by atoms with Gasteiger partial charge in [0.1, 0.15) is 0 Å². The molecule has 0 radical (unpaired) electrons. The van der Waals surface area contributed by atoms with E-state index >= 15 is 0 Å². The number of carbonyl (C=O) groups excluding carboxylic acids is 2. The molecule has 114 valence electrons. The number of anilines is 1. The van der Waals surface area contributed by atoms with Crippen LogP contribution in [0.25, 0.3) is 5.65 Å². The van der Waals surface area contributed by atoms with Crippen molar-refractivity contribution in [1.82, 2.24) is 14.6 Å². The fraction of sp³-hybridized carbons (Fsp3) is 0.125. The number of fused-ring (bicyclic) bond motifs is 2. The molecule has 0 saturated heterocycles. The minimum absolute atomic E-state index is 0.292. The molecule has 0 unspecified atom stereocenters. The number of pyridine rings is 1. The Morgan fingerprint density at radius 1 is 1.17 bits per heavy atom. The summed E-state index contributed by atoms with van der Waals surface area (Å²) in [6.45, 7) is 0. The second-order valence-corrected chi connectivity index (χ2v) is 5.20. The number of esters is 1. The Balaban J connectivity index is 1.57. The predicted octanol–water partition coefficient (Wildman–Crippen LogP) is 1.45. The number of rotatable bonds is 2. The van der Waals surface area contributed by atoms with E-state index in [1.807, 2.05) is 24.3 Å². The smallest absolute Gasteiger partial charge is 0.339 e. The van der Waals surface area contributed by atoms with Crippen molar-refractivity contribution in [3.05, 3.63) is 59.8 Å². The van der Waals surface area contributed by atoms with Gasteiger partial charge in [-0.05, 0) is 23.8 Å². The third kappa shape index (κ3) is 2.32. The lowest BCUT2D eigenvalue weighted by molar-refractivity contribution is -0.125. The second kappa shape index (κ2) is 5.20. The van der Waals surface area contributed by atoms with Gasteiger partial charge in [-0.1, -0.05) is 24.3 Å². The lowest BCUT2D eigenvalue weighted by Gasteiger charge is -2.23. The van der Waals surface area contributed by atoms with Crippen molar-refractivity contribution in [2.45, 2.75) is 12.5 Å². The maximum Gasteiger partial charge on any atom is 0.339 e. The molecule has 3 heterocycles. The molecule has 4 rings (SSSR count). The van der Waals surface area contributed by atoms with E-state index in [-0.39, 0.29) is 0 Å². The zero-order valence-corrected chi connectivity index (χ0v) is 12.0. The first-order chi connectivity index (χ1) is 11.2. The van der Waals surface area contributed by atoms with Crippen LogP contribution < -0.4 is 5.32 Å². The van der Waals surface area contributed by atoms with E-state index in [4.69, 9.17) is 4.74 Å². The Morgan fingerprint density at radius 2 is 2.00 bits per heavy atom. The van der Waals surface area contributed by atoms with E-state index in [2.05, 4.69) is 15.5 Å². The van der Waals surface area contributed by atoms with E-state index in [1.165, 1.54) is 0 Å². The maximum absolute atomic E-state index is 12.4. The number of ether oxygens (including phenoxy) is 1. The molecule has 3 aromatic rings. The number of aromatic nitrogens is 3. The summed E-state index contributed by atoms with van der Waals surface area (Å²) in [5, 5.41) is 10.6. The van der Waals surface area contributed by atoms with E-state index in [0.29, 0.717) is 23.6 Å². The molecule has 1 aliphatic rings. The summed E-state index contributed by atoms with van der Waals surface area (Å²) < 4.78 is 6.88. The summed E-state index contributed by atoms with van der Waals surface area (Å²) in [6.07, 6.45) is 1.20. The molecule has 2 aromatic heterocycles. The molecule has 7 heteroatoms. The van der Waals surface area contributed by atoms with Gasteiger partial charge in [0.2, 0.25) is 5.95 Å². The molecule has 0 saturated carbocycles. The van der Waals surface area contributed by atoms with Crippen molar-refractivity contribution in [2.75, 3.05) is 5.32 Å². The highest BCUT2D eigenvalue weighted by atomic mass is 16.5. The van der Waals surface area contributed by atoms with Gasteiger partial charge in [-0.3, -0.25) is 14.5 Å². The summed E-state index contributed by atoms with van der Waals surface area (Å²) in [5.41, 5.74) is 1.92. The van der Waals surface area contributed by atoms with Crippen LogP contribution in [0.1, 0.15) is 15.9 Å². The van der Waals surface area contributed by atoms with Crippen LogP contribution in [0.15, 0.2) is 48.7 Å². The van der Waals surface area contributed by atoms with Gasteiger partial charge in [0.15, 0.2) is 11.8 Å². The molecular weight excluding hydrogens is 296 g/mol. The van der Waals surface area contributed by atoms with Crippen LogP contribution in [0.5, 0.6) is 0 Å². The molecule has 7 nitrogen and oxygen atoms in total. The average molecular weight is 308 g/mol. The van der Waals surface area contributed by atoms with Crippen molar-refractivity contribution in [1.29, 1.82) is 0 Å². The Labute approximate surface area is 130 Å². The first-order valence-corrected chi connectivity index (χ1v) is 7.12. The minimum atomic E-state index is -0.881. The van der Waals surface area contributed by atoms with Crippen LogP contribution in [0, 0.1) is 0 Å². The molecule has 1 aliphatic heterocycles. The van der Waals surface area contributed by atoms with E-state index in [0.717, 1.165) is 5.56 Å². The number of hydrogen-bond acceptors (Lipinski definition) is 5. The molecule has 1 amide bonds. The van der Waals surface area contributed by atoms with E-state index in [1.54, 1.807) is 28.8 Å². The van der Waals surface area contributed by atoms with Crippen molar-refractivity contribution in [3.8, 4) is 0 Å². The number of nitrogens with zero attached hydrogens (tertiary/aromatic N) is 3. The molecular formula is C16H12N4O3. The normalized spacial score (nSPS) is 16.7. The Bertz CT molecular complexity index is 918. The fourth-order valence-corrected chi connectivity index (χ4v) is 2.60. The van der Waals surface area contributed by atoms with Crippen LogP contribution in [-0.2, 0) is 16.0 Å². The van der Waals surface area contributed by atoms with Crippen LogP contribution in [0.3, 0.4) is 0 Å². The topological polar surface area (TPSA) is 85.6 Å². The minimum Gasteiger partial charge on any atom is -0.448 e. The summed E-state index contributed by atoms with van der Waals surface area (Å²) in [7, 11) is 0. The molecule has 1 atom stereocenters. The molecule has 0 aliphatic carbocycles. The van der Waals surface area contributed by atoms with Gasteiger partial charge in [0, 0.05) is 12.6 Å². The van der Waals surface area contributed by atoms with Crippen LogP contribution >= 0.6 is 0 Å². The largest absolute Gasteiger partial charge is 0.448 e. The summed E-state index contributed by atoms with van der Waals surface area (Å²) in [5.74, 6) is -0.621. The number of carbonyl (C=O) groups is 2. The maximum atomic E-state index is 12.4. The highest BCUT2D eigenvalue weighted by Gasteiger charge is 2.31. The quantitative estimate of drug-likeness (QED) is 0.724. The summed E-state index contributed by atoms with van der Waals surface area (Å²) in [4.78, 5) is 24.4. The predicted molar refractivity (Wildman–Crippen MR) is 81.0 cm³/mol. The molecule has 1 aromatic carbocycles. The Morgan fingerprint density at radius 3 is 2.91 bits per heavy atom. The zero-order chi connectivity index (χ0) is 15.8. The first-order valence-electron chi connectivity index (χ1n) is 7.12. The SMILES string of the molecule is O=C1O[C@@H](C(=O)Nc2nnc3ccccn23)Cc2ccccc21. The lowest BCUT2D eigenvalue weighted by atomic mass is 9.98. The standard InChI is InChI=1S/C16H12N4O3/c21-14(17-16-19-18-13-7-3-4-8-20(13)16)12-9-10-5-1-2-6-11(10)15(22)23-12/h1-8,12H,9H2,(H,17,19,21)/t12-/m1/s1. The van der Waals surface area contributed by atoms with Crippen molar-refractivity contribution in [2.24, 2.45) is 0 Å². The molecule has 1 N–H and O–H groups in total. The van der Waals surface area contributed by atoms with Crippen molar-refractivity contribution < 1.29 is 14.3 Å². The monoisotopic (exact) mass is 308 g/mol. The highest BCUT2D eigenvalue weighted by molar-refractivity contribution is 5.99. The van der Waals surface area contributed by atoms with Crippen LogP contribution in [0.2, 0.25) is 0 Å². The molecule has 0 bridgehead atoms. The van der Waals surface area contributed by atoms with Gasteiger partial charge in [-0.2, -0.15) is 0 Å². The zero-order valence-electron chi connectivity index (χ0n) is 12.0. The first kappa shape index (κ1) is 13.4. The number of hydrogen-bond donors (Lipinski definition) is 1. The van der Waals surface area contributed by atoms with Crippen molar-refractivity contribution in [3.63, 3.8) is 0 Å². The number of nitrogens with one attached hydrogen (secondary N) is 1. The fourth-order valence-electron chi connectivity index (χ4n) is 2.60. The lowest BCUT2D eigenvalue weighted by Crippen LogP contribution is -2.38. The third-order valence-corrected chi connectivity index (χ3v) is 3.73. The summed E-state index contributed by atoms with van der Waals surface area (Å²) in [6, 6.07) is 12.5. The van der Waals surface area contributed by atoms with Crippen LogP contribution in [0.4, 0.5) is 5.95 Å². The van der Waals surface area contributed by atoms with Gasteiger partial charge in [0.05, 0.1) is 5.56 Å². The van der Waals surface area contributed by atoms with Gasteiger partial charge < -0.3 is 4.74 Å². The van der Waals surface area contributed by atoms with Crippen LogP contribution in [-0.4, -0.2) is 32.6 Å². The number of amides is 1. The van der Waals surface area contributed by atoms with Gasteiger partial charge in [-0.15, -0.1) is 10.2 Å². The van der Waals surface area contributed by atoms with Crippen molar-refractivity contribution >= 4 is 23.5 Å². The Kier molecular flexibility index (Phi) is 3.04.